The van der Waals surface area contributed by atoms with Crippen LogP contribution in [-0.4, -0.2) is 8.42 Å². The van der Waals surface area contributed by atoms with Crippen molar-refractivity contribution in [1.82, 2.24) is 0 Å². The lowest BCUT2D eigenvalue weighted by molar-refractivity contribution is 0.594. The van der Waals surface area contributed by atoms with Crippen LogP contribution in [-0.2, 0) is 22.9 Å². The van der Waals surface area contributed by atoms with Gasteiger partial charge in [-0.15, -0.1) is 0 Å². The molecule has 0 aliphatic heterocycles. The minimum atomic E-state index is -3.76. The van der Waals surface area contributed by atoms with E-state index in [1.165, 1.54) is 0 Å². The molecule has 0 amide bonds. The zero-order valence-corrected chi connectivity index (χ0v) is 13.8. The third-order valence-corrected chi connectivity index (χ3v) is 5.46. The fourth-order valence-electron chi connectivity index (χ4n) is 2.48. The standard InChI is InChI=1S/C18H16N2O2S/c1-13-5-7-17(15(9-13)11-19-3)23(21,22)18-8-6-14(2)10-16(18)12-20-4/h5-10H,11-12H2,1-2H3. The average molecular weight is 324 g/mol. The molecule has 0 N–H and O–H groups in total. The Morgan fingerprint density at radius 3 is 1.57 bits per heavy atom. The van der Waals surface area contributed by atoms with Gasteiger partial charge in [0, 0.05) is 11.1 Å². The molecule has 0 bridgehead atoms. The SMILES string of the molecule is [C-]#[N+]Cc1cc(C)ccc1S(=O)(=O)c1ccc(C)cc1C[N+]#[C-]. The quantitative estimate of drug-likeness (QED) is 0.799. The van der Waals surface area contributed by atoms with Gasteiger partial charge in [0.1, 0.15) is 0 Å². The molecule has 4 nitrogen and oxygen atoms in total. The number of sulfone groups is 1. The number of hydrogen-bond donors (Lipinski definition) is 0. The van der Waals surface area contributed by atoms with Crippen molar-refractivity contribution in [3.05, 3.63) is 81.5 Å². The minimum Gasteiger partial charge on any atom is -0.312 e. The smallest absolute Gasteiger partial charge is 0.241 e. The first-order valence-electron chi connectivity index (χ1n) is 7.00. The topological polar surface area (TPSA) is 42.9 Å². The maximum absolute atomic E-state index is 13.0. The molecule has 2 aromatic carbocycles. The molecular formula is C18H16N2O2S. The summed E-state index contributed by atoms with van der Waals surface area (Å²) in [6, 6.07) is 10.0. The Balaban J connectivity index is 2.70. The Labute approximate surface area is 137 Å². The molecule has 0 aromatic heterocycles. The summed E-state index contributed by atoms with van der Waals surface area (Å²) in [4.78, 5) is 6.94. The number of benzene rings is 2. The van der Waals surface area contributed by atoms with Crippen molar-refractivity contribution >= 4 is 9.84 Å². The van der Waals surface area contributed by atoms with Crippen LogP contribution in [0.15, 0.2) is 46.2 Å². The van der Waals surface area contributed by atoms with E-state index in [0.29, 0.717) is 11.1 Å². The van der Waals surface area contributed by atoms with Crippen molar-refractivity contribution in [3.8, 4) is 0 Å². The molecule has 116 valence electrons. The molecule has 0 fully saturated rings. The summed E-state index contributed by atoms with van der Waals surface area (Å²) >= 11 is 0. The summed E-state index contributed by atoms with van der Waals surface area (Å²) in [7, 11) is -3.76. The summed E-state index contributed by atoms with van der Waals surface area (Å²) in [5, 5.41) is 0. The van der Waals surface area contributed by atoms with Crippen LogP contribution in [0.2, 0.25) is 0 Å². The van der Waals surface area contributed by atoms with Crippen LogP contribution < -0.4 is 0 Å². The van der Waals surface area contributed by atoms with Gasteiger partial charge >= 0.3 is 0 Å². The third-order valence-electron chi connectivity index (χ3n) is 3.51. The van der Waals surface area contributed by atoms with Gasteiger partial charge in [-0.2, -0.15) is 0 Å². The Morgan fingerprint density at radius 1 is 0.826 bits per heavy atom. The minimum absolute atomic E-state index is 0.0141. The summed E-state index contributed by atoms with van der Waals surface area (Å²) in [5.41, 5.74) is 2.81. The molecule has 0 radical (unpaired) electrons. The van der Waals surface area contributed by atoms with Crippen molar-refractivity contribution in [3.63, 3.8) is 0 Å². The zero-order valence-electron chi connectivity index (χ0n) is 13.0. The van der Waals surface area contributed by atoms with Crippen LogP contribution in [0.3, 0.4) is 0 Å². The molecule has 0 saturated carbocycles. The van der Waals surface area contributed by atoms with Gasteiger partial charge in [0.25, 0.3) is 0 Å². The highest BCUT2D eigenvalue weighted by molar-refractivity contribution is 7.91. The molecule has 0 aliphatic rings. The van der Waals surface area contributed by atoms with Crippen LogP contribution in [0.5, 0.6) is 0 Å². The summed E-state index contributed by atoms with van der Waals surface area (Å²) in [6.07, 6.45) is 0. The van der Waals surface area contributed by atoms with Gasteiger partial charge in [-0.25, -0.2) is 21.6 Å². The molecule has 0 atom stereocenters. The maximum Gasteiger partial charge on any atom is 0.241 e. The second-order valence-corrected chi connectivity index (χ2v) is 7.24. The van der Waals surface area contributed by atoms with Crippen LogP contribution in [0, 0.1) is 27.0 Å². The summed E-state index contributed by atoms with van der Waals surface area (Å²) < 4.78 is 26.1. The normalized spacial score (nSPS) is 10.8. The Bertz CT molecular complexity index is 861. The van der Waals surface area contributed by atoms with Crippen molar-refractivity contribution in [1.29, 1.82) is 0 Å². The molecule has 0 spiro atoms. The second-order valence-electron chi connectivity index (χ2n) is 5.36. The molecule has 0 saturated heterocycles. The lowest BCUT2D eigenvalue weighted by atomic mass is 10.1. The Morgan fingerprint density at radius 2 is 1.22 bits per heavy atom. The molecule has 0 aliphatic carbocycles. The highest BCUT2D eigenvalue weighted by atomic mass is 32.2. The second kappa shape index (κ2) is 6.64. The lowest BCUT2D eigenvalue weighted by Gasteiger charge is -2.11. The van der Waals surface area contributed by atoms with Crippen molar-refractivity contribution in [2.75, 3.05) is 0 Å². The number of hydrogen-bond acceptors (Lipinski definition) is 2. The molecule has 23 heavy (non-hydrogen) atoms. The third kappa shape index (κ3) is 3.41. The van der Waals surface area contributed by atoms with Crippen molar-refractivity contribution in [2.24, 2.45) is 0 Å². The maximum atomic E-state index is 13.0. The van der Waals surface area contributed by atoms with Gasteiger partial charge in [0.05, 0.1) is 9.79 Å². The van der Waals surface area contributed by atoms with E-state index in [2.05, 4.69) is 9.69 Å². The van der Waals surface area contributed by atoms with E-state index in [4.69, 9.17) is 13.1 Å². The van der Waals surface area contributed by atoms with Crippen molar-refractivity contribution in [2.45, 2.75) is 36.7 Å². The van der Waals surface area contributed by atoms with E-state index >= 15 is 0 Å². The predicted molar refractivity (Wildman–Crippen MR) is 88.4 cm³/mol. The van der Waals surface area contributed by atoms with Gasteiger partial charge in [0.2, 0.25) is 22.9 Å². The van der Waals surface area contributed by atoms with Gasteiger partial charge in [-0.1, -0.05) is 23.3 Å². The van der Waals surface area contributed by atoms with Crippen molar-refractivity contribution < 1.29 is 8.42 Å². The van der Waals surface area contributed by atoms with Crippen LogP contribution in [0.1, 0.15) is 22.3 Å². The largest absolute Gasteiger partial charge is 0.312 e. The van der Waals surface area contributed by atoms with Gasteiger partial charge in [-0.05, 0) is 38.1 Å². The van der Waals surface area contributed by atoms with Crippen LogP contribution in [0.25, 0.3) is 9.69 Å². The Kier molecular flexibility index (Phi) is 4.83. The lowest BCUT2D eigenvalue weighted by Crippen LogP contribution is -2.08. The molecular weight excluding hydrogens is 308 g/mol. The molecule has 5 heteroatoms. The summed E-state index contributed by atoms with van der Waals surface area (Å²) in [5.74, 6) is 0. The number of rotatable bonds is 4. The van der Waals surface area contributed by atoms with Gasteiger partial charge in [-0.3, -0.25) is 0 Å². The van der Waals surface area contributed by atoms with E-state index in [9.17, 15) is 8.42 Å². The number of nitrogens with zero attached hydrogens (tertiary/aromatic N) is 2. The fourth-order valence-corrected chi connectivity index (χ4v) is 4.15. The molecule has 0 heterocycles. The van der Waals surface area contributed by atoms with E-state index in [1.54, 1.807) is 36.4 Å². The van der Waals surface area contributed by atoms with E-state index in [0.717, 1.165) is 11.1 Å². The van der Waals surface area contributed by atoms with Crippen LogP contribution in [0.4, 0.5) is 0 Å². The predicted octanol–water partition coefficient (Wildman–Crippen LogP) is 3.97. The zero-order chi connectivity index (χ0) is 17.0. The summed E-state index contributed by atoms with van der Waals surface area (Å²) in [6.45, 7) is 17.8. The first kappa shape index (κ1) is 16.7. The fraction of sp³-hybridized carbons (Fsp3) is 0.222. The van der Waals surface area contributed by atoms with Gasteiger partial charge in [0.15, 0.2) is 0 Å². The molecule has 2 rings (SSSR count). The monoisotopic (exact) mass is 324 g/mol. The number of aryl methyl sites for hydroxylation is 2. The average Bonchev–Trinajstić information content (AvgIpc) is 2.47. The molecule has 2 aromatic rings. The van der Waals surface area contributed by atoms with E-state index in [-0.39, 0.29) is 22.9 Å². The highest BCUT2D eigenvalue weighted by Crippen LogP contribution is 2.29. The Hall–Kier alpha value is -2.63. The highest BCUT2D eigenvalue weighted by Gasteiger charge is 2.26. The van der Waals surface area contributed by atoms with Crippen LogP contribution >= 0.6 is 0 Å². The first-order chi connectivity index (χ1) is 10.9. The molecule has 0 unspecified atom stereocenters. The first-order valence-corrected chi connectivity index (χ1v) is 8.49. The van der Waals surface area contributed by atoms with Gasteiger partial charge < -0.3 is 9.69 Å². The van der Waals surface area contributed by atoms with E-state index in [1.807, 2.05) is 13.8 Å². The van der Waals surface area contributed by atoms with E-state index < -0.39 is 9.84 Å².